The van der Waals surface area contributed by atoms with E-state index < -0.39 is 10.0 Å². The summed E-state index contributed by atoms with van der Waals surface area (Å²) >= 11 is 0. The van der Waals surface area contributed by atoms with Crippen LogP contribution in [-0.2, 0) is 10.0 Å². The molecule has 112 valence electrons. The molecule has 1 aromatic carbocycles. The Labute approximate surface area is 121 Å². The van der Waals surface area contributed by atoms with Crippen molar-refractivity contribution in [2.75, 3.05) is 24.7 Å². The van der Waals surface area contributed by atoms with Crippen molar-refractivity contribution in [2.24, 2.45) is 0 Å². The molecule has 0 unspecified atom stereocenters. The topological polar surface area (TPSA) is 75.4 Å². The van der Waals surface area contributed by atoms with Gasteiger partial charge in [-0.3, -0.25) is 0 Å². The average Bonchev–Trinajstić information content (AvgIpc) is 2.47. The van der Waals surface area contributed by atoms with Crippen LogP contribution in [0, 0.1) is 0 Å². The van der Waals surface area contributed by atoms with Crippen LogP contribution in [0.25, 0.3) is 0 Å². The minimum Gasteiger partial charge on any atom is -0.399 e. The molecule has 0 amide bonds. The second-order valence-corrected chi connectivity index (χ2v) is 7.19. The molecule has 0 spiro atoms. The van der Waals surface area contributed by atoms with Crippen LogP contribution in [0.4, 0.5) is 11.4 Å². The van der Waals surface area contributed by atoms with E-state index in [0.717, 1.165) is 18.5 Å². The quantitative estimate of drug-likeness (QED) is 0.833. The molecule has 0 radical (unpaired) electrons. The van der Waals surface area contributed by atoms with Gasteiger partial charge >= 0.3 is 0 Å². The van der Waals surface area contributed by atoms with E-state index in [9.17, 15) is 8.42 Å². The zero-order chi connectivity index (χ0) is 14.8. The molecular formula is C14H23N3O2S. The molecule has 20 heavy (non-hydrogen) atoms. The van der Waals surface area contributed by atoms with Crippen molar-refractivity contribution in [3.8, 4) is 0 Å². The Balaban J connectivity index is 2.40. The van der Waals surface area contributed by atoms with Crippen molar-refractivity contribution in [3.05, 3.63) is 18.2 Å². The van der Waals surface area contributed by atoms with Crippen molar-refractivity contribution in [3.63, 3.8) is 0 Å². The summed E-state index contributed by atoms with van der Waals surface area (Å²) in [5, 5.41) is 0. The number of hydrogen-bond donors (Lipinski definition) is 2. The molecule has 0 aliphatic heterocycles. The standard InChI is InChI=1S/C14H23N3O2S/c1-16-20(18,19)14-10-11(15)8-9-13(14)17(2)12-6-4-3-5-7-12/h8-10,12,16H,3-7,15H2,1-2H3. The Hall–Kier alpha value is -1.27. The lowest BCUT2D eigenvalue weighted by molar-refractivity contribution is 0.426. The van der Waals surface area contributed by atoms with Gasteiger partial charge in [0, 0.05) is 18.8 Å². The first-order chi connectivity index (χ1) is 9.45. The normalized spacial score (nSPS) is 17.1. The van der Waals surface area contributed by atoms with E-state index in [1.54, 1.807) is 12.1 Å². The number of hydrogen-bond acceptors (Lipinski definition) is 4. The molecular weight excluding hydrogens is 274 g/mol. The maximum absolute atomic E-state index is 12.2. The maximum atomic E-state index is 12.2. The lowest BCUT2D eigenvalue weighted by Gasteiger charge is -2.34. The van der Waals surface area contributed by atoms with Gasteiger partial charge < -0.3 is 10.6 Å². The number of nitrogens with zero attached hydrogens (tertiary/aromatic N) is 1. The molecule has 3 N–H and O–H groups in total. The largest absolute Gasteiger partial charge is 0.399 e. The molecule has 1 fully saturated rings. The van der Waals surface area contributed by atoms with Gasteiger partial charge in [-0.15, -0.1) is 0 Å². The molecule has 1 aliphatic rings. The van der Waals surface area contributed by atoms with Gasteiger partial charge in [-0.05, 0) is 38.1 Å². The van der Waals surface area contributed by atoms with Gasteiger partial charge in [-0.2, -0.15) is 0 Å². The van der Waals surface area contributed by atoms with Crippen LogP contribution in [0.5, 0.6) is 0 Å². The molecule has 1 aromatic rings. The Kier molecular flexibility index (Phi) is 4.55. The Morgan fingerprint density at radius 2 is 1.90 bits per heavy atom. The van der Waals surface area contributed by atoms with Crippen LogP contribution >= 0.6 is 0 Å². The number of rotatable bonds is 4. The third-order valence-corrected chi connectivity index (χ3v) is 5.49. The third kappa shape index (κ3) is 3.07. The van der Waals surface area contributed by atoms with Gasteiger partial charge in [0.25, 0.3) is 0 Å². The summed E-state index contributed by atoms with van der Waals surface area (Å²) in [6.45, 7) is 0. The van der Waals surface area contributed by atoms with E-state index in [0.29, 0.717) is 11.7 Å². The highest BCUT2D eigenvalue weighted by Crippen LogP contribution is 2.31. The fraction of sp³-hybridized carbons (Fsp3) is 0.571. The molecule has 0 bridgehead atoms. The smallest absolute Gasteiger partial charge is 0.242 e. The summed E-state index contributed by atoms with van der Waals surface area (Å²) in [6.07, 6.45) is 5.91. The monoisotopic (exact) mass is 297 g/mol. The van der Waals surface area contributed by atoms with Crippen molar-refractivity contribution in [1.29, 1.82) is 0 Å². The lowest BCUT2D eigenvalue weighted by atomic mass is 9.94. The molecule has 1 saturated carbocycles. The van der Waals surface area contributed by atoms with Crippen LogP contribution in [0.1, 0.15) is 32.1 Å². The second kappa shape index (κ2) is 6.01. The summed E-state index contributed by atoms with van der Waals surface area (Å²) < 4.78 is 26.7. The van der Waals surface area contributed by atoms with E-state index in [1.807, 2.05) is 7.05 Å². The molecule has 5 nitrogen and oxygen atoms in total. The first kappa shape index (κ1) is 15.1. The summed E-state index contributed by atoms with van der Waals surface area (Å²) in [6, 6.07) is 5.48. The van der Waals surface area contributed by atoms with E-state index in [2.05, 4.69) is 9.62 Å². The van der Waals surface area contributed by atoms with Crippen molar-refractivity contribution < 1.29 is 8.42 Å². The van der Waals surface area contributed by atoms with Gasteiger partial charge in [0.1, 0.15) is 4.90 Å². The molecule has 0 heterocycles. The fourth-order valence-electron chi connectivity index (χ4n) is 2.81. The predicted molar refractivity (Wildman–Crippen MR) is 82.4 cm³/mol. The molecule has 0 atom stereocenters. The molecule has 2 rings (SSSR count). The minimum absolute atomic E-state index is 0.257. The van der Waals surface area contributed by atoms with Crippen LogP contribution in [0.2, 0.25) is 0 Å². The maximum Gasteiger partial charge on any atom is 0.242 e. The third-order valence-electron chi connectivity index (χ3n) is 4.04. The number of nitrogens with two attached hydrogens (primary N) is 1. The summed E-state index contributed by atoms with van der Waals surface area (Å²) in [5.74, 6) is 0. The SMILES string of the molecule is CNS(=O)(=O)c1cc(N)ccc1N(C)C1CCCCC1. The van der Waals surface area contributed by atoms with E-state index in [1.165, 1.54) is 32.4 Å². The first-order valence-corrected chi connectivity index (χ1v) is 8.50. The summed E-state index contributed by atoms with van der Waals surface area (Å²) in [7, 11) is -0.119. The number of nitrogen functional groups attached to an aromatic ring is 1. The van der Waals surface area contributed by atoms with Gasteiger partial charge in [0.2, 0.25) is 10.0 Å². The zero-order valence-electron chi connectivity index (χ0n) is 12.1. The molecule has 1 aliphatic carbocycles. The molecule has 0 aromatic heterocycles. The lowest BCUT2D eigenvalue weighted by Crippen LogP contribution is -2.35. The zero-order valence-corrected chi connectivity index (χ0v) is 12.9. The van der Waals surface area contributed by atoms with Crippen molar-refractivity contribution >= 4 is 21.4 Å². The number of benzene rings is 1. The molecule has 6 heteroatoms. The Morgan fingerprint density at radius 1 is 1.25 bits per heavy atom. The van der Waals surface area contributed by atoms with E-state index >= 15 is 0 Å². The van der Waals surface area contributed by atoms with E-state index in [-0.39, 0.29) is 4.90 Å². The van der Waals surface area contributed by atoms with Gasteiger partial charge in [0.15, 0.2) is 0 Å². The highest BCUT2D eigenvalue weighted by Gasteiger charge is 2.24. The predicted octanol–water partition coefficient (Wildman–Crippen LogP) is 1.95. The highest BCUT2D eigenvalue weighted by molar-refractivity contribution is 7.89. The fourth-order valence-corrected chi connectivity index (χ4v) is 3.81. The molecule has 0 saturated heterocycles. The highest BCUT2D eigenvalue weighted by atomic mass is 32.2. The minimum atomic E-state index is -3.51. The van der Waals surface area contributed by atoms with Crippen molar-refractivity contribution in [1.82, 2.24) is 4.72 Å². The van der Waals surface area contributed by atoms with Crippen molar-refractivity contribution in [2.45, 2.75) is 43.0 Å². The van der Waals surface area contributed by atoms with Gasteiger partial charge in [0.05, 0.1) is 5.69 Å². The number of anilines is 2. The van der Waals surface area contributed by atoms with Crippen LogP contribution in [0.15, 0.2) is 23.1 Å². The first-order valence-electron chi connectivity index (χ1n) is 7.01. The van der Waals surface area contributed by atoms with Crippen LogP contribution in [0.3, 0.4) is 0 Å². The van der Waals surface area contributed by atoms with E-state index in [4.69, 9.17) is 5.73 Å². The second-order valence-electron chi connectivity index (χ2n) is 5.34. The summed E-state index contributed by atoms with van der Waals surface area (Å²) in [4.78, 5) is 2.34. The van der Waals surface area contributed by atoms with Gasteiger partial charge in [-0.25, -0.2) is 13.1 Å². The Morgan fingerprint density at radius 3 is 2.50 bits per heavy atom. The Bertz CT molecular complexity index is 566. The van der Waals surface area contributed by atoms with Crippen LogP contribution in [-0.4, -0.2) is 28.6 Å². The summed E-state index contributed by atoms with van der Waals surface area (Å²) in [5.41, 5.74) is 6.93. The number of nitrogens with one attached hydrogen (secondary N) is 1. The average molecular weight is 297 g/mol. The van der Waals surface area contributed by atoms with Crippen LogP contribution < -0.4 is 15.4 Å². The van der Waals surface area contributed by atoms with Gasteiger partial charge in [-0.1, -0.05) is 19.3 Å². The number of sulfonamides is 1.